The maximum Gasteiger partial charge on any atom is 0.332 e. The third-order valence-electron chi connectivity index (χ3n) is 2.75. The zero-order valence-electron chi connectivity index (χ0n) is 11.4. The second-order valence-electron chi connectivity index (χ2n) is 4.12. The highest BCUT2D eigenvalue weighted by Crippen LogP contribution is 2.29. The van der Waals surface area contributed by atoms with Gasteiger partial charge in [-0.25, -0.2) is 10.8 Å². The lowest BCUT2D eigenvalue weighted by Gasteiger charge is -2.25. The lowest BCUT2D eigenvalue weighted by atomic mass is 10.2. The van der Waals surface area contributed by atoms with E-state index in [1.165, 1.54) is 0 Å². The van der Waals surface area contributed by atoms with E-state index in [-0.39, 0.29) is 29.2 Å². The van der Waals surface area contributed by atoms with Gasteiger partial charge in [-0.2, -0.15) is 4.98 Å². The Balaban J connectivity index is 3.29. The quantitative estimate of drug-likeness (QED) is 0.434. The van der Waals surface area contributed by atoms with E-state index in [1.807, 2.05) is 6.92 Å². The van der Waals surface area contributed by atoms with Gasteiger partial charge in [0.15, 0.2) is 0 Å². The average Bonchev–Trinajstić information content (AvgIpc) is 2.36. The number of aromatic nitrogens is 2. The SMILES string of the molecule is COCC(C)N(C)c1nc(NN)nc(C)c1[N+](=O)[O-]. The largest absolute Gasteiger partial charge is 0.383 e. The summed E-state index contributed by atoms with van der Waals surface area (Å²) in [5, 5.41) is 11.1. The summed E-state index contributed by atoms with van der Waals surface area (Å²) in [6.45, 7) is 3.83. The van der Waals surface area contributed by atoms with E-state index >= 15 is 0 Å². The molecule has 0 amide bonds. The topological polar surface area (TPSA) is 119 Å². The van der Waals surface area contributed by atoms with Crippen molar-refractivity contribution in [2.45, 2.75) is 19.9 Å². The van der Waals surface area contributed by atoms with Crippen molar-refractivity contribution in [3.8, 4) is 0 Å². The van der Waals surface area contributed by atoms with Crippen molar-refractivity contribution >= 4 is 17.5 Å². The summed E-state index contributed by atoms with van der Waals surface area (Å²) in [5.41, 5.74) is 2.41. The van der Waals surface area contributed by atoms with Crippen LogP contribution in [0.25, 0.3) is 0 Å². The van der Waals surface area contributed by atoms with Crippen LogP contribution in [0.3, 0.4) is 0 Å². The van der Waals surface area contributed by atoms with Gasteiger partial charge in [-0.05, 0) is 13.8 Å². The Hall–Kier alpha value is -2.00. The number of likely N-dealkylation sites (N-methyl/N-ethyl adjacent to an activating group) is 1. The zero-order chi connectivity index (χ0) is 14.6. The molecule has 1 atom stereocenters. The van der Waals surface area contributed by atoms with Gasteiger partial charge in [0.2, 0.25) is 11.8 Å². The molecule has 9 heteroatoms. The van der Waals surface area contributed by atoms with Crippen LogP contribution >= 0.6 is 0 Å². The summed E-state index contributed by atoms with van der Waals surface area (Å²) < 4.78 is 5.04. The first kappa shape index (κ1) is 15.1. The third-order valence-corrected chi connectivity index (χ3v) is 2.75. The number of hydrogen-bond acceptors (Lipinski definition) is 8. The van der Waals surface area contributed by atoms with Crippen LogP contribution in [0.15, 0.2) is 0 Å². The number of nitrogens with zero attached hydrogens (tertiary/aromatic N) is 4. The van der Waals surface area contributed by atoms with E-state index in [0.29, 0.717) is 6.61 Å². The monoisotopic (exact) mass is 270 g/mol. The number of anilines is 2. The number of ether oxygens (including phenoxy) is 1. The van der Waals surface area contributed by atoms with Crippen molar-refractivity contribution in [1.29, 1.82) is 0 Å². The molecule has 9 nitrogen and oxygen atoms in total. The van der Waals surface area contributed by atoms with Gasteiger partial charge in [-0.1, -0.05) is 0 Å². The van der Waals surface area contributed by atoms with E-state index in [0.717, 1.165) is 0 Å². The standard InChI is InChI=1S/C10H18N6O3/c1-6(5-19-4)15(3)9-8(16(17)18)7(2)12-10(13-9)14-11/h6H,5,11H2,1-4H3,(H,12,13,14). The van der Waals surface area contributed by atoms with Crippen molar-refractivity contribution in [2.75, 3.05) is 31.1 Å². The molecule has 0 aromatic carbocycles. The second kappa shape index (κ2) is 6.25. The molecule has 1 unspecified atom stereocenters. The molecule has 0 saturated carbocycles. The molecule has 0 bridgehead atoms. The summed E-state index contributed by atoms with van der Waals surface area (Å²) in [7, 11) is 3.27. The van der Waals surface area contributed by atoms with Gasteiger partial charge in [0.1, 0.15) is 5.69 Å². The van der Waals surface area contributed by atoms with Gasteiger partial charge in [0.05, 0.1) is 17.6 Å². The van der Waals surface area contributed by atoms with Gasteiger partial charge in [0, 0.05) is 14.2 Å². The Kier molecular flexibility index (Phi) is 4.95. The van der Waals surface area contributed by atoms with E-state index < -0.39 is 4.92 Å². The number of nitro groups is 1. The number of nitrogens with one attached hydrogen (secondary N) is 1. The fraction of sp³-hybridized carbons (Fsp3) is 0.600. The summed E-state index contributed by atoms with van der Waals surface area (Å²) in [6.07, 6.45) is 0. The highest BCUT2D eigenvalue weighted by molar-refractivity contribution is 5.62. The van der Waals surface area contributed by atoms with Gasteiger partial charge >= 0.3 is 5.69 Å². The molecule has 0 radical (unpaired) electrons. The minimum absolute atomic E-state index is 0.0800. The van der Waals surface area contributed by atoms with Crippen LogP contribution < -0.4 is 16.2 Å². The minimum Gasteiger partial charge on any atom is -0.383 e. The van der Waals surface area contributed by atoms with E-state index in [4.69, 9.17) is 10.6 Å². The van der Waals surface area contributed by atoms with Crippen LogP contribution in [0.1, 0.15) is 12.6 Å². The molecule has 0 aliphatic heterocycles. The first-order chi connectivity index (χ1) is 8.92. The fourth-order valence-corrected chi connectivity index (χ4v) is 1.64. The predicted molar refractivity (Wildman–Crippen MR) is 71.0 cm³/mol. The van der Waals surface area contributed by atoms with Gasteiger partial charge in [-0.3, -0.25) is 15.5 Å². The summed E-state index contributed by atoms with van der Waals surface area (Å²) in [5.74, 6) is 5.60. The fourth-order valence-electron chi connectivity index (χ4n) is 1.64. The lowest BCUT2D eigenvalue weighted by Crippen LogP contribution is -2.34. The van der Waals surface area contributed by atoms with Crippen molar-refractivity contribution in [1.82, 2.24) is 9.97 Å². The molecule has 19 heavy (non-hydrogen) atoms. The molecule has 3 N–H and O–H groups in total. The molecule has 1 heterocycles. The molecule has 0 fully saturated rings. The third kappa shape index (κ3) is 3.26. The van der Waals surface area contributed by atoms with Crippen molar-refractivity contribution < 1.29 is 9.66 Å². The molecule has 0 aliphatic rings. The first-order valence-electron chi connectivity index (χ1n) is 5.63. The van der Waals surface area contributed by atoms with Crippen LogP contribution in [0, 0.1) is 17.0 Å². The minimum atomic E-state index is -0.499. The molecule has 0 saturated heterocycles. The Morgan fingerprint density at radius 2 is 2.21 bits per heavy atom. The normalized spacial score (nSPS) is 12.1. The smallest absolute Gasteiger partial charge is 0.332 e. The first-order valence-corrected chi connectivity index (χ1v) is 5.63. The molecule has 0 aliphatic carbocycles. The van der Waals surface area contributed by atoms with E-state index in [1.54, 1.807) is 26.0 Å². The van der Waals surface area contributed by atoms with Crippen LogP contribution in [0.5, 0.6) is 0 Å². The molecule has 1 rings (SSSR count). The summed E-state index contributed by atoms with van der Waals surface area (Å²) >= 11 is 0. The molecular weight excluding hydrogens is 252 g/mol. The number of nitrogen functional groups attached to an aromatic ring is 1. The summed E-state index contributed by atoms with van der Waals surface area (Å²) in [6, 6.07) is -0.0800. The maximum atomic E-state index is 11.1. The molecular formula is C10H18N6O3. The Labute approximate surface area is 110 Å². The Morgan fingerprint density at radius 3 is 2.68 bits per heavy atom. The number of rotatable bonds is 6. The molecule has 1 aromatic heterocycles. The number of methoxy groups -OCH3 is 1. The van der Waals surface area contributed by atoms with E-state index in [9.17, 15) is 10.1 Å². The van der Waals surface area contributed by atoms with Crippen LogP contribution in [-0.4, -0.2) is 41.7 Å². The van der Waals surface area contributed by atoms with Gasteiger partial charge in [0.25, 0.3) is 0 Å². The van der Waals surface area contributed by atoms with Crippen molar-refractivity contribution in [2.24, 2.45) is 5.84 Å². The van der Waals surface area contributed by atoms with Gasteiger partial charge < -0.3 is 9.64 Å². The van der Waals surface area contributed by atoms with Gasteiger partial charge in [-0.15, -0.1) is 0 Å². The number of hydrazine groups is 1. The second-order valence-corrected chi connectivity index (χ2v) is 4.12. The Bertz CT molecular complexity index is 467. The Morgan fingerprint density at radius 1 is 1.58 bits per heavy atom. The number of aryl methyl sites for hydroxylation is 1. The highest BCUT2D eigenvalue weighted by atomic mass is 16.6. The maximum absolute atomic E-state index is 11.1. The van der Waals surface area contributed by atoms with Crippen LogP contribution in [0.2, 0.25) is 0 Å². The van der Waals surface area contributed by atoms with Crippen LogP contribution in [-0.2, 0) is 4.74 Å². The molecule has 1 aromatic rings. The number of nitrogens with two attached hydrogens (primary N) is 1. The highest BCUT2D eigenvalue weighted by Gasteiger charge is 2.26. The van der Waals surface area contributed by atoms with Crippen molar-refractivity contribution in [3.05, 3.63) is 15.8 Å². The zero-order valence-corrected chi connectivity index (χ0v) is 11.4. The van der Waals surface area contributed by atoms with Crippen LogP contribution in [0.4, 0.5) is 17.5 Å². The number of hydrogen-bond donors (Lipinski definition) is 2. The molecule has 0 spiro atoms. The summed E-state index contributed by atoms with van der Waals surface area (Å²) in [4.78, 5) is 20.3. The van der Waals surface area contributed by atoms with E-state index in [2.05, 4.69) is 15.4 Å². The lowest BCUT2D eigenvalue weighted by molar-refractivity contribution is -0.385. The van der Waals surface area contributed by atoms with Crippen molar-refractivity contribution in [3.63, 3.8) is 0 Å². The molecule has 106 valence electrons. The predicted octanol–water partition coefficient (Wildman–Crippen LogP) is 0.450. The average molecular weight is 270 g/mol.